The maximum atomic E-state index is 13.2. The Morgan fingerprint density at radius 2 is 1.73 bits per heavy atom. The normalized spacial score (nSPS) is 11.0. The number of anilines is 1. The fourth-order valence-electron chi connectivity index (χ4n) is 3.52. The highest BCUT2D eigenvalue weighted by molar-refractivity contribution is 7.80. The van der Waals surface area contributed by atoms with Crippen molar-refractivity contribution in [3.8, 4) is 11.5 Å². The fourth-order valence-corrected chi connectivity index (χ4v) is 3.97. The molecule has 5 rings (SSSR count). The SMILES string of the molecule is O=C(NC(=S)Nc1ccc2oc(-c3ccc(F)cc3)nc2c1)c1cccc2c(Cl)cccc12. The van der Waals surface area contributed by atoms with E-state index in [4.69, 9.17) is 28.2 Å². The predicted octanol–water partition coefficient (Wildman–Crippen LogP) is 6.57. The topological polar surface area (TPSA) is 67.2 Å². The monoisotopic (exact) mass is 475 g/mol. The Bertz CT molecular complexity index is 1530. The first-order chi connectivity index (χ1) is 16.0. The summed E-state index contributed by atoms with van der Waals surface area (Å²) in [5.74, 6) is -0.294. The molecule has 33 heavy (non-hydrogen) atoms. The van der Waals surface area contributed by atoms with Crippen molar-refractivity contribution in [2.45, 2.75) is 0 Å². The van der Waals surface area contributed by atoms with E-state index in [1.54, 1.807) is 54.6 Å². The lowest BCUT2D eigenvalue weighted by Crippen LogP contribution is -2.34. The molecule has 8 heteroatoms. The molecule has 1 amide bonds. The Morgan fingerprint density at radius 1 is 0.970 bits per heavy atom. The Morgan fingerprint density at radius 3 is 2.55 bits per heavy atom. The predicted molar refractivity (Wildman–Crippen MR) is 132 cm³/mol. The summed E-state index contributed by atoms with van der Waals surface area (Å²) in [7, 11) is 0. The van der Waals surface area contributed by atoms with Crippen molar-refractivity contribution < 1.29 is 13.6 Å². The zero-order valence-electron chi connectivity index (χ0n) is 16.9. The molecule has 1 heterocycles. The highest BCUT2D eigenvalue weighted by Crippen LogP contribution is 2.27. The molecule has 2 N–H and O–H groups in total. The number of nitrogens with zero attached hydrogens (tertiary/aromatic N) is 1. The number of amides is 1. The van der Waals surface area contributed by atoms with Gasteiger partial charge in [0.1, 0.15) is 11.3 Å². The lowest BCUT2D eigenvalue weighted by Gasteiger charge is -2.11. The van der Waals surface area contributed by atoms with Gasteiger partial charge in [0.2, 0.25) is 5.89 Å². The van der Waals surface area contributed by atoms with Gasteiger partial charge in [0.15, 0.2) is 10.7 Å². The first kappa shape index (κ1) is 21.1. The number of thiocarbonyl (C=S) groups is 1. The van der Waals surface area contributed by atoms with Crippen LogP contribution in [0.3, 0.4) is 0 Å². The second-order valence-electron chi connectivity index (χ2n) is 7.26. The Hall–Kier alpha value is -3.81. The van der Waals surface area contributed by atoms with E-state index in [2.05, 4.69) is 15.6 Å². The van der Waals surface area contributed by atoms with E-state index < -0.39 is 0 Å². The van der Waals surface area contributed by atoms with E-state index in [9.17, 15) is 9.18 Å². The molecular weight excluding hydrogens is 461 g/mol. The van der Waals surface area contributed by atoms with Crippen molar-refractivity contribution in [2.75, 3.05) is 5.32 Å². The van der Waals surface area contributed by atoms with Crippen molar-refractivity contribution in [3.05, 3.63) is 95.3 Å². The van der Waals surface area contributed by atoms with Gasteiger partial charge in [-0.15, -0.1) is 0 Å². The molecule has 0 radical (unpaired) electrons. The fraction of sp³-hybridized carbons (Fsp3) is 0. The van der Waals surface area contributed by atoms with Gasteiger partial charge in [-0.3, -0.25) is 10.1 Å². The summed E-state index contributed by atoms with van der Waals surface area (Å²) in [6.45, 7) is 0. The van der Waals surface area contributed by atoms with Crippen LogP contribution in [0.5, 0.6) is 0 Å². The van der Waals surface area contributed by atoms with Crippen LogP contribution in [0.2, 0.25) is 5.02 Å². The summed E-state index contributed by atoms with van der Waals surface area (Å²) < 4.78 is 18.9. The minimum atomic E-state index is -0.346. The number of benzene rings is 4. The van der Waals surface area contributed by atoms with Gasteiger partial charge in [-0.1, -0.05) is 35.9 Å². The zero-order chi connectivity index (χ0) is 22.9. The zero-order valence-corrected chi connectivity index (χ0v) is 18.5. The molecule has 5 aromatic rings. The summed E-state index contributed by atoms with van der Waals surface area (Å²) in [5, 5.41) is 7.93. The molecule has 4 aromatic carbocycles. The van der Waals surface area contributed by atoms with Gasteiger partial charge in [0.05, 0.1) is 0 Å². The molecule has 5 nitrogen and oxygen atoms in total. The average molecular weight is 476 g/mol. The Balaban J connectivity index is 1.33. The van der Waals surface area contributed by atoms with Gasteiger partial charge < -0.3 is 9.73 Å². The number of hydrogen-bond acceptors (Lipinski definition) is 4. The van der Waals surface area contributed by atoms with E-state index >= 15 is 0 Å². The summed E-state index contributed by atoms with van der Waals surface area (Å²) in [6, 6.07) is 21.9. The molecule has 0 aliphatic carbocycles. The average Bonchev–Trinajstić information content (AvgIpc) is 3.23. The van der Waals surface area contributed by atoms with Crippen LogP contribution in [0.15, 0.2) is 83.3 Å². The minimum absolute atomic E-state index is 0.139. The largest absolute Gasteiger partial charge is 0.436 e. The molecule has 0 fully saturated rings. The van der Waals surface area contributed by atoms with E-state index in [-0.39, 0.29) is 16.8 Å². The van der Waals surface area contributed by atoms with Crippen LogP contribution >= 0.6 is 23.8 Å². The molecule has 0 aliphatic heterocycles. The van der Waals surface area contributed by atoms with Crippen molar-refractivity contribution in [1.82, 2.24) is 10.3 Å². The highest BCUT2D eigenvalue weighted by Gasteiger charge is 2.14. The molecule has 0 saturated heterocycles. The standard InChI is InChI=1S/C25H15ClFN3O2S/c26-20-6-2-3-17-18(20)4-1-5-19(17)23(31)30-25(33)28-16-11-12-22-21(13-16)29-24(32-22)14-7-9-15(27)10-8-14/h1-13H,(H2,28,30,31,33). The van der Waals surface area contributed by atoms with Crippen molar-refractivity contribution >= 4 is 62.4 Å². The van der Waals surface area contributed by atoms with Crippen molar-refractivity contribution in [1.29, 1.82) is 0 Å². The van der Waals surface area contributed by atoms with Crippen LogP contribution in [0.1, 0.15) is 10.4 Å². The molecule has 162 valence electrons. The maximum absolute atomic E-state index is 13.2. The molecule has 0 aliphatic rings. The third-order valence-electron chi connectivity index (χ3n) is 5.08. The van der Waals surface area contributed by atoms with Gasteiger partial charge in [-0.25, -0.2) is 9.37 Å². The maximum Gasteiger partial charge on any atom is 0.258 e. The molecule has 0 atom stereocenters. The van der Waals surface area contributed by atoms with Crippen molar-refractivity contribution in [2.24, 2.45) is 0 Å². The first-order valence-corrected chi connectivity index (χ1v) is 10.7. The lowest BCUT2D eigenvalue weighted by atomic mass is 10.0. The number of rotatable bonds is 3. The van der Waals surface area contributed by atoms with Crippen LogP contribution in [0.25, 0.3) is 33.3 Å². The van der Waals surface area contributed by atoms with Crippen LogP contribution in [-0.4, -0.2) is 16.0 Å². The Kier molecular flexibility index (Phi) is 5.50. The van der Waals surface area contributed by atoms with Crippen LogP contribution in [0, 0.1) is 5.82 Å². The number of hydrogen-bond donors (Lipinski definition) is 2. The summed E-state index contributed by atoms with van der Waals surface area (Å²) in [5.41, 5.74) is 2.93. The summed E-state index contributed by atoms with van der Waals surface area (Å²) in [6.07, 6.45) is 0. The summed E-state index contributed by atoms with van der Waals surface area (Å²) in [4.78, 5) is 17.3. The summed E-state index contributed by atoms with van der Waals surface area (Å²) >= 11 is 11.6. The van der Waals surface area contributed by atoms with E-state index in [1.807, 2.05) is 12.1 Å². The lowest BCUT2D eigenvalue weighted by molar-refractivity contribution is 0.0979. The molecule has 0 saturated carbocycles. The quantitative estimate of drug-likeness (QED) is 0.289. The van der Waals surface area contributed by atoms with Crippen molar-refractivity contribution in [3.63, 3.8) is 0 Å². The van der Waals surface area contributed by atoms with Gasteiger partial charge >= 0.3 is 0 Å². The smallest absolute Gasteiger partial charge is 0.258 e. The number of fused-ring (bicyclic) bond motifs is 2. The van der Waals surface area contributed by atoms with Crippen LogP contribution < -0.4 is 10.6 Å². The third kappa shape index (κ3) is 4.28. The van der Waals surface area contributed by atoms with Gasteiger partial charge in [-0.05, 0) is 72.2 Å². The number of aromatic nitrogens is 1. The molecule has 0 unspecified atom stereocenters. The minimum Gasteiger partial charge on any atom is -0.436 e. The van der Waals surface area contributed by atoms with E-state index in [0.717, 1.165) is 10.8 Å². The second kappa shape index (κ2) is 8.61. The highest BCUT2D eigenvalue weighted by atomic mass is 35.5. The number of carbonyl (C=O) groups excluding carboxylic acids is 1. The number of carbonyl (C=O) groups is 1. The second-order valence-corrected chi connectivity index (χ2v) is 8.07. The third-order valence-corrected chi connectivity index (χ3v) is 5.61. The molecular formula is C25H15ClFN3O2S. The Labute approximate surface area is 198 Å². The molecule has 0 spiro atoms. The number of halogens is 2. The number of oxazole rings is 1. The molecule has 0 bridgehead atoms. The van der Waals surface area contributed by atoms with Gasteiger partial charge in [0, 0.05) is 27.2 Å². The van der Waals surface area contributed by atoms with Crippen LogP contribution in [-0.2, 0) is 0 Å². The molecule has 1 aromatic heterocycles. The van der Waals surface area contributed by atoms with E-state index in [1.165, 1.54) is 12.1 Å². The van der Waals surface area contributed by atoms with Gasteiger partial charge in [-0.2, -0.15) is 0 Å². The number of nitrogens with one attached hydrogen (secondary N) is 2. The van der Waals surface area contributed by atoms with Gasteiger partial charge in [0.25, 0.3) is 5.91 Å². The van der Waals surface area contributed by atoms with Crippen LogP contribution in [0.4, 0.5) is 10.1 Å². The van der Waals surface area contributed by atoms with E-state index in [0.29, 0.717) is 38.8 Å². The first-order valence-electron chi connectivity index (χ1n) is 9.94.